The van der Waals surface area contributed by atoms with Gasteiger partial charge in [0.15, 0.2) is 0 Å². The van der Waals surface area contributed by atoms with Crippen molar-refractivity contribution in [1.82, 2.24) is 0 Å². The number of hydrogen-bond acceptors (Lipinski definition) is 1. The molecule has 3 heteroatoms. The van der Waals surface area contributed by atoms with E-state index in [1.54, 1.807) is 12.1 Å². The lowest BCUT2D eigenvalue weighted by Crippen LogP contribution is -2.09. The molecule has 2 rings (SSSR count). The van der Waals surface area contributed by atoms with Gasteiger partial charge in [-0.1, -0.05) is 6.07 Å². The minimum atomic E-state index is -0.814. The molecule has 0 aliphatic carbocycles. The summed E-state index contributed by atoms with van der Waals surface area (Å²) in [4.78, 5) is 0. The van der Waals surface area contributed by atoms with E-state index in [9.17, 15) is 9.50 Å². The summed E-state index contributed by atoms with van der Waals surface area (Å²) in [7, 11) is 0. The van der Waals surface area contributed by atoms with E-state index in [0.29, 0.717) is 10.0 Å². The van der Waals surface area contributed by atoms with Crippen LogP contribution >= 0.6 is 15.9 Å². The summed E-state index contributed by atoms with van der Waals surface area (Å²) in [5, 5.41) is 10.7. The third-order valence-electron chi connectivity index (χ3n) is 4.59. The lowest BCUT2D eigenvalue weighted by molar-refractivity contribution is 0.218. The van der Waals surface area contributed by atoms with Gasteiger partial charge in [-0.3, -0.25) is 0 Å². The van der Waals surface area contributed by atoms with Gasteiger partial charge in [-0.25, -0.2) is 4.39 Å². The number of hydrogen-bond donors (Lipinski definition) is 1. The highest BCUT2D eigenvalue weighted by molar-refractivity contribution is 9.10. The Bertz CT molecular complexity index is 678. The number of halogens is 2. The average molecular weight is 351 g/mol. The van der Waals surface area contributed by atoms with Crippen molar-refractivity contribution in [3.63, 3.8) is 0 Å². The minimum Gasteiger partial charge on any atom is -0.384 e. The monoisotopic (exact) mass is 350 g/mol. The molecule has 1 atom stereocenters. The van der Waals surface area contributed by atoms with Gasteiger partial charge in [0, 0.05) is 0 Å². The molecule has 0 saturated heterocycles. The van der Waals surface area contributed by atoms with Gasteiger partial charge in [-0.05, 0) is 102 Å². The van der Waals surface area contributed by atoms with Crippen LogP contribution in [0.3, 0.4) is 0 Å². The van der Waals surface area contributed by atoms with Crippen LogP contribution in [0.4, 0.5) is 4.39 Å². The smallest absolute Gasteiger partial charge is 0.137 e. The lowest BCUT2D eigenvalue weighted by atomic mass is 9.85. The van der Waals surface area contributed by atoms with Crippen LogP contribution in [0.5, 0.6) is 0 Å². The molecule has 0 heterocycles. The van der Waals surface area contributed by atoms with E-state index in [4.69, 9.17) is 0 Å². The third-order valence-corrected chi connectivity index (χ3v) is 5.23. The Kier molecular flexibility index (Phi) is 4.54. The maximum atomic E-state index is 13.7. The first-order valence-corrected chi connectivity index (χ1v) is 7.74. The number of aliphatic hydroxyl groups is 1. The molecule has 112 valence electrons. The zero-order chi connectivity index (χ0) is 15.9. The Morgan fingerprint density at radius 2 is 1.38 bits per heavy atom. The average Bonchev–Trinajstić information content (AvgIpc) is 2.46. The van der Waals surface area contributed by atoms with Gasteiger partial charge < -0.3 is 5.11 Å². The molecule has 0 aliphatic rings. The highest BCUT2D eigenvalue weighted by atomic mass is 79.9. The predicted molar refractivity (Wildman–Crippen MR) is 88.3 cm³/mol. The molecule has 21 heavy (non-hydrogen) atoms. The molecular weight excluding hydrogens is 331 g/mol. The molecule has 0 saturated carbocycles. The highest BCUT2D eigenvalue weighted by Crippen LogP contribution is 2.34. The van der Waals surface area contributed by atoms with Crippen LogP contribution in [0, 0.1) is 40.4 Å². The van der Waals surface area contributed by atoms with E-state index in [1.165, 1.54) is 22.8 Å². The topological polar surface area (TPSA) is 20.2 Å². The fourth-order valence-corrected chi connectivity index (χ4v) is 3.03. The van der Waals surface area contributed by atoms with Crippen molar-refractivity contribution in [2.75, 3.05) is 0 Å². The summed E-state index contributed by atoms with van der Waals surface area (Å²) in [5.74, 6) is -0.359. The molecule has 1 N–H and O–H groups in total. The van der Waals surface area contributed by atoms with E-state index in [0.717, 1.165) is 16.7 Å². The first kappa shape index (κ1) is 16.2. The van der Waals surface area contributed by atoms with Crippen LogP contribution in [0.25, 0.3) is 0 Å². The Morgan fingerprint density at radius 1 is 0.905 bits per heavy atom. The quantitative estimate of drug-likeness (QED) is 0.787. The van der Waals surface area contributed by atoms with Gasteiger partial charge in [0.25, 0.3) is 0 Å². The maximum Gasteiger partial charge on any atom is 0.137 e. The predicted octanol–water partition coefficient (Wildman–Crippen LogP) is 5.21. The first-order valence-electron chi connectivity index (χ1n) is 6.95. The largest absolute Gasteiger partial charge is 0.384 e. The summed E-state index contributed by atoms with van der Waals surface area (Å²) in [6.07, 6.45) is -0.814. The normalized spacial score (nSPS) is 12.6. The van der Waals surface area contributed by atoms with E-state index in [1.807, 2.05) is 13.8 Å². The summed E-state index contributed by atoms with van der Waals surface area (Å²) >= 11 is 3.14. The molecule has 1 nitrogen and oxygen atoms in total. The zero-order valence-electron chi connectivity index (χ0n) is 13.0. The molecular formula is C18H20BrFO. The molecule has 2 aromatic rings. The first-order chi connectivity index (χ1) is 9.75. The van der Waals surface area contributed by atoms with Gasteiger partial charge in [-0.2, -0.15) is 0 Å². The van der Waals surface area contributed by atoms with Crippen LogP contribution in [-0.2, 0) is 0 Å². The van der Waals surface area contributed by atoms with Gasteiger partial charge in [0.05, 0.1) is 4.47 Å². The summed E-state index contributed by atoms with van der Waals surface area (Å²) < 4.78 is 14.1. The Labute approximate surface area is 134 Å². The third kappa shape index (κ3) is 2.77. The van der Waals surface area contributed by atoms with Crippen molar-refractivity contribution >= 4 is 15.9 Å². The zero-order valence-corrected chi connectivity index (χ0v) is 14.6. The van der Waals surface area contributed by atoms with E-state index >= 15 is 0 Å². The molecule has 0 bridgehead atoms. The maximum absolute atomic E-state index is 13.7. The molecule has 0 fully saturated rings. The van der Waals surface area contributed by atoms with Crippen LogP contribution in [0.2, 0.25) is 0 Å². The second kappa shape index (κ2) is 5.90. The summed E-state index contributed by atoms with van der Waals surface area (Å²) in [6.45, 7) is 10.3. The van der Waals surface area contributed by atoms with Gasteiger partial charge >= 0.3 is 0 Å². The van der Waals surface area contributed by atoms with Crippen molar-refractivity contribution in [2.45, 2.75) is 40.7 Å². The molecule has 0 spiro atoms. The second-order valence-corrected chi connectivity index (χ2v) is 6.47. The van der Waals surface area contributed by atoms with Gasteiger partial charge in [0.1, 0.15) is 11.9 Å². The fourth-order valence-electron chi connectivity index (χ4n) is 2.79. The number of rotatable bonds is 2. The van der Waals surface area contributed by atoms with Crippen molar-refractivity contribution in [3.8, 4) is 0 Å². The van der Waals surface area contributed by atoms with Crippen molar-refractivity contribution in [2.24, 2.45) is 0 Å². The van der Waals surface area contributed by atoms with E-state index in [-0.39, 0.29) is 5.82 Å². The van der Waals surface area contributed by atoms with Crippen molar-refractivity contribution in [3.05, 3.63) is 67.4 Å². The standard InChI is InChI=1S/C18H20BrFO/c1-9-10(2)12(4)17(13(5)11(9)3)18(21)14-6-7-15(19)16(20)8-14/h6-8,18,21H,1-5H3. The van der Waals surface area contributed by atoms with Crippen molar-refractivity contribution in [1.29, 1.82) is 0 Å². The van der Waals surface area contributed by atoms with Gasteiger partial charge in [-0.15, -0.1) is 0 Å². The molecule has 1 unspecified atom stereocenters. The van der Waals surface area contributed by atoms with E-state index < -0.39 is 6.10 Å². The molecule has 0 aliphatic heterocycles. The van der Waals surface area contributed by atoms with Crippen molar-refractivity contribution < 1.29 is 9.50 Å². The Morgan fingerprint density at radius 3 is 1.86 bits per heavy atom. The molecule has 0 radical (unpaired) electrons. The SMILES string of the molecule is Cc1c(C)c(C)c(C(O)c2ccc(Br)c(F)c2)c(C)c1C. The highest BCUT2D eigenvalue weighted by Gasteiger charge is 2.20. The summed E-state index contributed by atoms with van der Waals surface area (Å²) in [6, 6.07) is 4.77. The fraction of sp³-hybridized carbons (Fsp3) is 0.333. The Balaban J connectivity index is 2.63. The van der Waals surface area contributed by atoms with Crippen LogP contribution in [0.1, 0.15) is 45.0 Å². The second-order valence-electron chi connectivity index (χ2n) is 5.61. The molecule has 0 aromatic heterocycles. The van der Waals surface area contributed by atoms with Gasteiger partial charge in [0.2, 0.25) is 0 Å². The van der Waals surface area contributed by atoms with Crippen LogP contribution in [0.15, 0.2) is 22.7 Å². The number of aliphatic hydroxyl groups excluding tert-OH is 1. The summed E-state index contributed by atoms with van der Waals surface area (Å²) in [5.41, 5.74) is 7.23. The minimum absolute atomic E-state index is 0.359. The number of benzene rings is 2. The van der Waals surface area contributed by atoms with Crippen LogP contribution in [-0.4, -0.2) is 5.11 Å². The molecule has 0 amide bonds. The van der Waals surface area contributed by atoms with Crippen LogP contribution < -0.4 is 0 Å². The van der Waals surface area contributed by atoms with E-state index in [2.05, 4.69) is 36.7 Å². The Hall–Kier alpha value is -1.19. The lowest BCUT2D eigenvalue weighted by Gasteiger charge is -2.23. The molecule has 2 aromatic carbocycles.